The molecule has 1 heterocycles. The molecule has 2 rings (SSSR count). The van der Waals surface area contributed by atoms with E-state index in [1.165, 1.54) is 12.8 Å². The highest BCUT2D eigenvalue weighted by Gasteiger charge is 2.30. The van der Waals surface area contributed by atoms with Crippen molar-refractivity contribution in [2.24, 2.45) is 11.7 Å². The van der Waals surface area contributed by atoms with Crippen molar-refractivity contribution in [2.75, 3.05) is 0 Å². The Hall–Kier alpha value is -0.120. The summed E-state index contributed by atoms with van der Waals surface area (Å²) in [7, 11) is 0. The zero-order chi connectivity index (χ0) is 9.42. The van der Waals surface area contributed by atoms with Crippen LogP contribution in [-0.2, 0) is 0 Å². The number of nitrogens with two attached hydrogens (primary N) is 1. The molecule has 4 heteroatoms. The molecule has 1 saturated carbocycles. The zero-order valence-electron chi connectivity index (χ0n) is 7.00. The lowest BCUT2D eigenvalue weighted by Gasteiger charge is -2.12. The standard InChI is InChI=1S/C9H10BrClN2/c10-7-4-13-8(11)3-6(7)9(12)5-1-2-5/h3-5,9H,1-2,12H2. The van der Waals surface area contributed by atoms with Crippen LogP contribution in [0.4, 0.5) is 0 Å². The van der Waals surface area contributed by atoms with Gasteiger partial charge in [0.15, 0.2) is 0 Å². The van der Waals surface area contributed by atoms with Gasteiger partial charge in [-0.15, -0.1) is 0 Å². The molecular formula is C9H10BrClN2. The highest BCUT2D eigenvalue weighted by molar-refractivity contribution is 9.10. The minimum atomic E-state index is 0.106. The van der Waals surface area contributed by atoms with Crippen molar-refractivity contribution in [1.82, 2.24) is 4.98 Å². The Balaban J connectivity index is 2.31. The zero-order valence-corrected chi connectivity index (χ0v) is 9.35. The number of hydrogen-bond acceptors (Lipinski definition) is 2. The Morgan fingerprint density at radius 2 is 2.31 bits per heavy atom. The van der Waals surface area contributed by atoms with E-state index >= 15 is 0 Å². The first kappa shape index (κ1) is 9.44. The monoisotopic (exact) mass is 260 g/mol. The van der Waals surface area contributed by atoms with Gasteiger partial charge in [0.1, 0.15) is 5.15 Å². The number of rotatable bonds is 2. The molecule has 1 fully saturated rings. The average molecular weight is 262 g/mol. The van der Waals surface area contributed by atoms with Crippen molar-refractivity contribution in [3.8, 4) is 0 Å². The highest BCUT2D eigenvalue weighted by atomic mass is 79.9. The van der Waals surface area contributed by atoms with Crippen molar-refractivity contribution >= 4 is 27.5 Å². The number of hydrogen-bond donors (Lipinski definition) is 1. The second-order valence-electron chi connectivity index (χ2n) is 3.39. The van der Waals surface area contributed by atoms with Crippen LogP contribution >= 0.6 is 27.5 Å². The smallest absolute Gasteiger partial charge is 0.129 e. The van der Waals surface area contributed by atoms with Crippen LogP contribution in [0.5, 0.6) is 0 Å². The van der Waals surface area contributed by atoms with E-state index in [0.717, 1.165) is 10.0 Å². The van der Waals surface area contributed by atoms with Crippen molar-refractivity contribution < 1.29 is 0 Å². The van der Waals surface area contributed by atoms with Gasteiger partial charge in [-0.25, -0.2) is 4.98 Å². The molecule has 0 bridgehead atoms. The molecule has 0 radical (unpaired) electrons. The Bertz CT molecular complexity index is 325. The molecule has 13 heavy (non-hydrogen) atoms. The summed E-state index contributed by atoms with van der Waals surface area (Å²) < 4.78 is 0.955. The van der Waals surface area contributed by atoms with Crippen LogP contribution in [-0.4, -0.2) is 4.98 Å². The molecule has 1 aromatic rings. The SMILES string of the molecule is NC(c1cc(Cl)ncc1Br)C1CC1. The third-order valence-corrected chi connectivity index (χ3v) is 3.21. The van der Waals surface area contributed by atoms with Crippen molar-refractivity contribution in [1.29, 1.82) is 0 Å². The Morgan fingerprint density at radius 1 is 1.62 bits per heavy atom. The predicted molar refractivity (Wildman–Crippen MR) is 56.6 cm³/mol. The first-order valence-corrected chi connectivity index (χ1v) is 5.42. The maximum absolute atomic E-state index is 6.05. The average Bonchev–Trinajstić information content (AvgIpc) is 2.91. The highest BCUT2D eigenvalue weighted by Crippen LogP contribution is 2.41. The van der Waals surface area contributed by atoms with Crippen molar-refractivity contribution in [2.45, 2.75) is 18.9 Å². The molecule has 2 N–H and O–H groups in total. The van der Waals surface area contributed by atoms with E-state index < -0.39 is 0 Å². The third kappa shape index (κ3) is 2.03. The van der Waals surface area contributed by atoms with Crippen LogP contribution < -0.4 is 5.73 Å². The van der Waals surface area contributed by atoms with Gasteiger partial charge in [0, 0.05) is 16.7 Å². The molecule has 1 atom stereocenters. The number of nitrogens with zero attached hydrogens (tertiary/aromatic N) is 1. The summed E-state index contributed by atoms with van der Waals surface area (Å²) in [6.07, 6.45) is 4.17. The van der Waals surface area contributed by atoms with Crippen molar-refractivity contribution in [3.63, 3.8) is 0 Å². The molecule has 1 unspecified atom stereocenters. The third-order valence-electron chi connectivity index (χ3n) is 2.34. The fourth-order valence-corrected chi connectivity index (χ4v) is 2.04. The van der Waals surface area contributed by atoms with Gasteiger partial charge in [0.05, 0.1) is 0 Å². The van der Waals surface area contributed by atoms with Gasteiger partial charge in [-0.3, -0.25) is 0 Å². The predicted octanol–water partition coefficient (Wildman–Crippen LogP) is 2.91. The van der Waals surface area contributed by atoms with Gasteiger partial charge in [-0.05, 0) is 46.3 Å². The van der Waals surface area contributed by atoms with E-state index in [-0.39, 0.29) is 6.04 Å². The van der Waals surface area contributed by atoms with Gasteiger partial charge >= 0.3 is 0 Å². The summed E-state index contributed by atoms with van der Waals surface area (Å²) in [5, 5.41) is 0.509. The molecule has 1 aliphatic carbocycles. The van der Waals surface area contributed by atoms with Crippen LogP contribution in [0.15, 0.2) is 16.7 Å². The van der Waals surface area contributed by atoms with Gasteiger partial charge in [0.2, 0.25) is 0 Å². The summed E-state index contributed by atoms with van der Waals surface area (Å²) in [6.45, 7) is 0. The fourth-order valence-electron chi connectivity index (χ4n) is 1.39. The summed E-state index contributed by atoms with van der Waals surface area (Å²) >= 11 is 9.22. The van der Waals surface area contributed by atoms with Crippen LogP contribution in [0.2, 0.25) is 5.15 Å². The van der Waals surface area contributed by atoms with Crippen molar-refractivity contribution in [3.05, 3.63) is 27.5 Å². The molecule has 70 valence electrons. The first-order valence-electron chi connectivity index (χ1n) is 4.25. The van der Waals surface area contributed by atoms with Gasteiger partial charge in [0.25, 0.3) is 0 Å². The Kier molecular flexibility index (Phi) is 2.58. The van der Waals surface area contributed by atoms with E-state index in [1.54, 1.807) is 6.20 Å². The lowest BCUT2D eigenvalue weighted by molar-refractivity contribution is 0.630. The molecule has 0 amide bonds. The number of aromatic nitrogens is 1. The molecular weight excluding hydrogens is 251 g/mol. The largest absolute Gasteiger partial charge is 0.324 e. The van der Waals surface area contributed by atoms with E-state index in [0.29, 0.717) is 11.1 Å². The molecule has 1 aromatic heterocycles. The summed E-state index contributed by atoms with van der Waals surface area (Å²) in [6, 6.07) is 1.95. The summed E-state index contributed by atoms with van der Waals surface area (Å²) in [4.78, 5) is 3.96. The topological polar surface area (TPSA) is 38.9 Å². The lowest BCUT2D eigenvalue weighted by atomic mass is 10.1. The van der Waals surface area contributed by atoms with Crippen LogP contribution in [0.25, 0.3) is 0 Å². The van der Waals surface area contributed by atoms with E-state index in [2.05, 4.69) is 20.9 Å². The normalized spacial score (nSPS) is 18.7. The minimum absolute atomic E-state index is 0.106. The maximum atomic E-state index is 6.05. The molecule has 1 aliphatic rings. The number of halogens is 2. The van der Waals surface area contributed by atoms with E-state index in [9.17, 15) is 0 Å². The first-order chi connectivity index (χ1) is 6.18. The van der Waals surface area contributed by atoms with E-state index in [1.807, 2.05) is 6.07 Å². The van der Waals surface area contributed by atoms with E-state index in [4.69, 9.17) is 17.3 Å². The number of pyridine rings is 1. The van der Waals surface area contributed by atoms with Crippen LogP contribution in [0.3, 0.4) is 0 Å². The van der Waals surface area contributed by atoms with Gasteiger partial charge in [-0.2, -0.15) is 0 Å². The van der Waals surface area contributed by atoms with Gasteiger partial charge in [-0.1, -0.05) is 11.6 Å². The maximum Gasteiger partial charge on any atom is 0.129 e. The van der Waals surface area contributed by atoms with Crippen LogP contribution in [0.1, 0.15) is 24.4 Å². The summed E-state index contributed by atoms with van der Waals surface area (Å²) in [5.41, 5.74) is 7.13. The quantitative estimate of drug-likeness (QED) is 0.832. The summed E-state index contributed by atoms with van der Waals surface area (Å²) in [5.74, 6) is 0.634. The molecule has 0 aliphatic heterocycles. The molecule has 0 spiro atoms. The molecule has 0 aromatic carbocycles. The van der Waals surface area contributed by atoms with Crippen LogP contribution in [0, 0.1) is 5.92 Å². The lowest BCUT2D eigenvalue weighted by Crippen LogP contribution is -2.13. The second-order valence-corrected chi connectivity index (χ2v) is 4.63. The minimum Gasteiger partial charge on any atom is -0.324 e. The Morgan fingerprint density at radius 3 is 2.92 bits per heavy atom. The second kappa shape index (κ2) is 3.56. The molecule has 0 saturated heterocycles. The molecule has 2 nitrogen and oxygen atoms in total. The van der Waals surface area contributed by atoms with Gasteiger partial charge < -0.3 is 5.73 Å². The Labute approximate surface area is 90.6 Å². The fraction of sp³-hybridized carbons (Fsp3) is 0.444.